The Morgan fingerprint density at radius 1 is 1.28 bits per heavy atom. The molecule has 0 aromatic rings. The second-order valence-corrected chi connectivity index (χ2v) is 5.32. The first kappa shape index (κ1) is 15.0. The van der Waals surface area contributed by atoms with Gasteiger partial charge in [-0.2, -0.15) is 0 Å². The molecule has 0 aliphatic heterocycles. The fourth-order valence-corrected chi connectivity index (χ4v) is 2.44. The van der Waals surface area contributed by atoms with E-state index in [-0.39, 0.29) is 25.0 Å². The molecule has 0 aromatic heterocycles. The van der Waals surface area contributed by atoms with Crippen molar-refractivity contribution < 1.29 is 19.4 Å². The van der Waals surface area contributed by atoms with E-state index in [4.69, 9.17) is 9.84 Å². The molecule has 0 unspecified atom stereocenters. The highest BCUT2D eigenvalue weighted by atomic mass is 16.5. The monoisotopic (exact) mass is 257 g/mol. The summed E-state index contributed by atoms with van der Waals surface area (Å²) in [5, 5.41) is 11.9. The number of aliphatic carboxylic acids is 1. The molecule has 104 valence electrons. The summed E-state index contributed by atoms with van der Waals surface area (Å²) < 4.78 is 5.24. The number of hydrogen-bond donors (Lipinski definition) is 2. The van der Waals surface area contributed by atoms with Gasteiger partial charge in [0.2, 0.25) is 5.91 Å². The normalized spacial score (nSPS) is 18.6. The van der Waals surface area contributed by atoms with E-state index in [1.54, 1.807) is 0 Å². The van der Waals surface area contributed by atoms with Crippen molar-refractivity contribution in [1.82, 2.24) is 5.32 Å². The van der Waals surface area contributed by atoms with E-state index < -0.39 is 11.5 Å². The summed E-state index contributed by atoms with van der Waals surface area (Å²) in [7, 11) is 0. The Labute approximate surface area is 108 Å². The van der Waals surface area contributed by atoms with Crippen molar-refractivity contribution in [3.63, 3.8) is 0 Å². The largest absolute Gasteiger partial charge is 0.481 e. The van der Waals surface area contributed by atoms with Crippen LogP contribution in [0.3, 0.4) is 0 Å². The molecule has 0 saturated heterocycles. The average Bonchev–Trinajstić information content (AvgIpc) is 2.26. The number of ether oxygens (including phenoxy) is 1. The lowest BCUT2D eigenvalue weighted by Crippen LogP contribution is -2.52. The molecule has 1 saturated carbocycles. The first-order valence-electron chi connectivity index (χ1n) is 6.58. The fourth-order valence-electron chi connectivity index (χ4n) is 2.44. The SMILES string of the molecule is CC(C)OCC(=O)NC1(CC(=O)O)CCCCC1. The number of rotatable bonds is 6. The molecule has 2 N–H and O–H groups in total. The van der Waals surface area contributed by atoms with Crippen molar-refractivity contribution in [1.29, 1.82) is 0 Å². The maximum atomic E-state index is 11.8. The Morgan fingerprint density at radius 3 is 2.39 bits per heavy atom. The van der Waals surface area contributed by atoms with Crippen LogP contribution in [0.15, 0.2) is 0 Å². The number of nitrogens with one attached hydrogen (secondary N) is 1. The molecule has 0 aromatic carbocycles. The minimum atomic E-state index is -0.859. The zero-order valence-electron chi connectivity index (χ0n) is 11.2. The summed E-state index contributed by atoms with van der Waals surface area (Å²) in [5.74, 6) is -1.08. The molecular weight excluding hydrogens is 234 g/mol. The Kier molecular flexibility index (Phi) is 5.59. The van der Waals surface area contributed by atoms with Crippen molar-refractivity contribution >= 4 is 11.9 Å². The van der Waals surface area contributed by atoms with Crippen LogP contribution < -0.4 is 5.32 Å². The van der Waals surface area contributed by atoms with Gasteiger partial charge in [-0.05, 0) is 26.7 Å². The maximum absolute atomic E-state index is 11.8. The number of hydrogen-bond acceptors (Lipinski definition) is 3. The van der Waals surface area contributed by atoms with Crippen LogP contribution in [0.2, 0.25) is 0 Å². The predicted molar refractivity (Wildman–Crippen MR) is 67.3 cm³/mol. The molecule has 1 aliphatic rings. The molecule has 1 amide bonds. The number of carboxylic acid groups (broad SMARTS) is 1. The number of amides is 1. The first-order valence-corrected chi connectivity index (χ1v) is 6.58. The van der Waals surface area contributed by atoms with E-state index in [0.717, 1.165) is 32.1 Å². The van der Waals surface area contributed by atoms with Gasteiger partial charge in [-0.25, -0.2) is 0 Å². The second-order valence-electron chi connectivity index (χ2n) is 5.32. The van der Waals surface area contributed by atoms with Crippen molar-refractivity contribution in [2.75, 3.05) is 6.61 Å². The molecule has 18 heavy (non-hydrogen) atoms. The van der Waals surface area contributed by atoms with Crippen LogP contribution in [0, 0.1) is 0 Å². The summed E-state index contributed by atoms with van der Waals surface area (Å²) in [6, 6.07) is 0. The quantitative estimate of drug-likeness (QED) is 0.759. The molecule has 1 aliphatic carbocycles. The summed E-state index contributed by atoms with van der Waals surface area (Å²) in [6.45, 7) is 3.72. The van der Waals surface area contributed by atoms with Crippen LogP contribution >= 0.6 is 0 Å². The topological polar surface area (TPSA) is 75.6 Å². The third-order valence-corrected chi connectivity index (χ3v) is 3.25. The van der Waals surface area contributed by atoms with Gasteiger partial charge in [0.1, 0.15) is 6.61 Å². The van der Waals surface area contributed by atoms with Gasteiger partial charge in [-0.15, -0.1) is 0 Å². The third-order valence-electron chi connectivity index (χ3n) is 3.25. The zero-order chi connectivity index (χ0) is 13.6. The highest BCUT2D eigenvalue weighted by Crippen LogP contribution is 2.31. The Bertz CT molecular complexity index is 295. The van der Waals surface area contributed by atoms with Crippen molar-refractivity contribution in [2.45, 2.75) is 64.0 Å². The summed E-state index contributed by atoms with van der Waals surface area (Å²) in [4.78, 5) is 22.7. The van der Waals surface area contributed by atoms with E-state index in [1.165, 1.54) is 0 Å². The number of carbonyl (C=O) groups is 2. The van der Waals surface area contributed by atoms with Crippen molar-refractivity contribution in [3.05, 3.63) is 0 Å². The van der Waals surface area contributed by atoms with E-state index in [2.05, 4.69) is 5.32 Å². The van der Waals surface area contributed by atoms with Crippen LogP contribution in [-0.2, 0) is 14.3 Å². The van der Waals surface area contributed by atoms with E-state index >= 15 is 0 Å². The smallest absolute Gasteiger partial charge is 0.305 e. The summed E-state index contributed by atoms with van der Waals surface area (Å²) in [6.07, 6.45) is 4.54. The molecule has 5 heteroatoms. The Hall–Kier alpha value is -1.10. The van der Waals surface area contributed by atoms with Crippen LogP contribution in [-0.4, -0.2) is 35.2 Å². The lowest BCUT2D eigenvalue weighted by molar-refractivity contribution is -0.140. The lowest BCUT2D eigenvalue weighted by Gasteiger charge is -2.37. The fraction of sp³-hybridized carbons (Fsp3) is 0.846. The number of carbonyl (C=O) groups excluding carboxylic acids is 1. The third kappa shape index (κ3) is 5.04. The Morgan fingerprint density at radius 2 is 1.89 bits per heavy atom. The molecule has 0 atom stereocenters. The molecule has 1 rings (SSSR count). The average molecular weight is 257 g/mol. The molecule has 5 nitrogen and oxygen atoms in total. The zero-order valence-corrected chi connectivity index (χ0v) is 11.2. The highest BCUT2D eigenvalue weighted by molar-refractivity contribution is 5.79. The number of carboxylic acids is 1. The van der Waals surface area contributed by atoms with Crippen LogP contribution in [0.4, 0.5) is 0 Å². The van der Waals surface area contributed by atoms with Crippen LogP contribution in [0.25, 0.3) is 0 Å². The van der Waals surface area contributed by atoms with Gasteiger partial charge in [0, 0.05) is 0 Å². The molecule has 1 fully saturated rings. The summed E-state index contributed by atoms with van der Waals surface area (Å²) in [5.41, 5.74) is -0.568. The first-order chi connectivity index (χ1) is 8.43. The van der Waals surface area contributed by atoms with Gasteiger partial charge >= 0.3 is 5.97 Å². The molecule has 0 bridgehead atoms. The maximum Gasteiger partial charge on any atom is 0.305 e. The molecule has 0 spiro atoms. The van der Waals surface area contributed by atoms with Gasteiger partial charge < -0.3 is 15.2 Å². The molecule has 0 radical (unpaired) electrons. The van der Waals surface area contributed by atoms with Gasteiger partial charge in [0.25, 0.3) is 0 Å². The highest BCUT2D eigenvalue weighted by Gasteiger charge is 2.35. The standard InChI is InChI=1S/C13H23NO4/c1-10(2)18-9-11(15)14-13(8-12(16)17)6-4-3-5-7-13/h10H,3-9H2,1-2H3,(H,14,15)(H,16,17). The predicted octanol–water partition coefficient (Wildman–Crippen LogP) is 1.71. The summed E-state index contributed by atoms with van der Waals surface area (Å²) >= 11 is 0. The molecule has 0 heterocycles. The van der Waals surface area contributed by atoms with E-state index in [0.29, 0.717) is 0 Å². The minimum Gasteiger partial charge on any atom is -0.481 e. The van der Waals surface area contributed by atoms with Gasteiger partial charge in [-0.3, -0.25) is 9.59 Å². The van der Waals surface area contributed by atoms with Gasteiger partial charge in [0.05, 0.1) is 18.1 Å². The lowest BCUT2D eigenvalue weighted by atomic mass is 9.79. The van der Waals surface area contributed by atoms with Crippen molar-refractivity contribution in [2.24, 2.45) is 0 Å². The minimum absolute atomic E-state index is 0.000415. The van der Waals surface area contributed by atoms with Crippen LogP contribution in [0.1, 0.15) is 52.4 Å². The van der Waals surface area contributed by atoms with E-state index in [9.17, 15) is 9.59 Å². The van der Waals surface area contributed by atoms with Gasteiger partial charge in [0.15, 0.2) is 0 Å². The van der Waals surface area contributed by atoms with Gasteiger partial charge in [-0.1, -0.05) is 19.3 Å². The van der Waals surface area contributed by atoms with E-state index in [1.807, 2.05) is 13.8 Å². The van der Waals surface area contributed by atoms with Crippen molar-refractivity contribution in [3.8, 4) is 0 Å². The Balaban J connectivity index is 2.55. The van der Waals surface area contributed by atoms with Crippen LogP contribution in [0.5, 0.6) is 0 Å². The molecular formula is C13H23NO4. The second kappa shape index (κ2) is 6.73.